The largest absolute Gasteiger partial charge is 0.493 e. The Bertz CT molecular complexity index is 474. The van der Waals surface area contributed by atoms with Gasteiger partial charge in [0.1, 0.15) is 5.75 Å². The van der Waals surface area contributed by atoms with Crippen LogP contribution in [0.5, 0.6) is 5.75 Å². The summed E-state index contributed by atoms with van der Waals surface area (Å²) in [6.07, 6.45) is 5.08. The van der Waals surface area contributed by atoms with Crippen molar-refractivity contribution in [1.82, 2.24) is 10.2 Å². The Morgan fingerprint density at radius 1 is 1.33 bits per heavy atom. The van der Waals surface area contributed by atoms with Crippen LogP contribution < -0.4 is 10.1 Å². The van der Waals surface area contributed by atoms with E-state index in [-0.39, 0.29) is 0 Å². The normalized spacial score (nSPS) is 26.2. The van der Waals surface area contributed by atoms with E-state index in [9.17, 15) is 0 Å². The molecule has 0 amide bonds. The summed E-state index contributed by atoms with van der Waals surface area (Å²) in [6, 6.07) is 7.44. The molecule has 3 rings (SSSR count). The fourth-order valence-corrected chi connectivity index (χ4v) is 4.02. The molecule has 1 saturated heterocycles. The molecule has 2 aliphatic rings. The number of benzene rings is 1. The van der Waals surface area contributed by atoms with Crippen molar-refractivity contribution in [3.8, 4) is 5.75 Å². The van der Waals surface area contributed by atoms with Crippen LogP contribution in [0.25, 0.3) is 0 Å². The van der Waals surface area contributed by atoms with E-state index in [0.717, 1.165) is 31.9 Å². The molecule has 0 aromatic heterocycles. The summed E-state index contributed by atoms with van der Waals surface area (Å²) in [6.45, 7) is 6.62. The van der Waals surface area contributed by atoms with Gasteiger partial charge in [0.25, 0.3) is 0 Å². The third-order valence-corrected chi connectivity index (χ3v) is 5.04. The van der Waals surface area contributed by atoms with Gasteiger partial charge in [0.15, 0.2) is 0 Å². The van der Waals surface area contributed by atoms with Gasteiger partial charge in [-0.15, -0.1) is 0 Å². The zero-order valence-electron chi connectivity index (χ0n) is 13.4. The summed E-state index contributed by atoms with van der Waals surface area (Å²) in [7, 11) is 2.08. The zero-order chi connectivity index (χ0) is 14.7. The predicted molar refractivity (Wildman–Crippen MR) is 86.9 cm³/mol. The topological polar surface area (TPSA) is 24.5 Å². The molecule has 2 atom stereocenters. The molecule has 3 heteroatoms. The smallest absolute Gasteiger partial charge is 0.122 e. The fraction of sp³-hybridized carbons (Fsp3) is 0.667. The van der Waals surface area contributed by atoms with Crippen molar-refractivity contribution in [3.63, 3.8) is 0 Å². The van der Waals surface area contributed by atoms with Gasteiger partial charge in [0.2, 0.25) is 0 Å². The summed E-state index contributed by atoms with van der Waals surface area (Å²) < 4.78 is 5.67. The number of ether oxygens (including phenoxy) is 1. The van der Waals surface area contributed by atoms with Gasteiger partial charge in [-0.3, -0.25) is 4.90 Å². The molecule has 0 radical (unpaired) electrons. The Morgan fingerprint density at radius 2 is 2.24 bits per heavy atom. The van der Waals surface area contributed by atoms with Crippen LogP contribution in [0, 0.1) is 5.92 Å². The molecule has 1 aromatic carbocycles. The second kappa shape index (κ2) is 6.80. The van der Waals surface area contributed by atoms with E-state index in [1.165, 1.54) is 36.9 Å². The van der Waals surface area contributed by atoms with Crippen molar-refractivity contribution in [1.29, 1.82) is 0 Å². The minimum absolute atomic E-state index is 0.552. The third-order valence-electron chi connectivity index (χ3n) is 5.04. The van der Waals surface area contributed by atoms with Gasteiger partial charge >= 0.3 is 0 Å². The van der Waals surface area contributed by atoms with E-state index < -0.39 is 0 Å². The number of nitrogens with zero attached hydrogens (tertiary/aromatic N) is 1. The second-order valence-corrected chi connectivity index (χ2v) is 6.35. The third kappa shape index (κ3) is 3.09. The van der Waals surface area contributed by atoms with E-state index in [2.05, 4.69) is 42.4 Å². The van der Waals surface area contributed by atoms with E-state index in [4.69, 9.17) is 4.74 Å². The summed E-state index contributed by atoms with van der Waals surface area (Å²) in [5.74, 6) is 1.80. The lowest BCUT2D eigenvalue weighted by atomic mass is 9.88. The molecule has 2 unspecified atom stereocenters. The van der Waals surface area contributed by atoms with Gasteiger partial charge in [-0.2, -0.15) is 0 Å². The maximum Gasteiger partial charge on any atom is 0.122 e. The van der Waals surface area contributed by atoms with Crippen molar-refractivity contribution < 1.29 is 4.74 Å². The Hall–Kier alpha value is -1.06. The Kier molecular flexibility index (Phi) is 4.81. The minimum atomic E-state index is 0.552. The first-order valence-corrected chi connectivity index (χ1v) is 8.47. The summed E-state index contributed by atoms with van der Waals surface area (Å²) in [4.78, 5) is 2.67. The Morgan fingerprint density at radius 3 is 3.05 bits per heavy atom. The van der Waals surface area contributed by atoms with Crippen LogP contribution in [0.1, 0.15) is 43.4 Å². The lowest BCUT2D eigenvalue weighted by Crippen LogP contribution is -2.36. The van der Waals surface area contributed by atoms with Crippen molar-refractivity contribution in [2.45, 2.75) is 38.6 Å². The molecule has 0 saturated carbocycles. The Labute approximate surface area is 128 Å². The van der Waals surface area contributed by atoms with Crippen molar-refractivity contribution in [3.05, 3.63) is 29.3 Å². The van der Waals surface area contributed by atoms with E-state index in [1.807, 2.05) is 0 Å². The van der Waals surface area contributed by atoms with Crippen LogP contribution in [-0.2, 0) is 6.42 Å². The number of fused-ring (bicyclic) bond motifs is 1. The molecule has 1 fully saturated rings. The number of hydrogen-bond acceptors (Lipinski definition) is 3. The highest BCUT2D eigenvalue weighted by molar-refractivity contribution is 5.41. The standard InChI is InChI=1S/C18H28N2O/c1-3-20-10-5-4-6-16(13-19-2)18(20)15-7-8-17-14(12-15)9-11-21-17/h7-8,12,16,18-19H,3-6,9-11,13H2,1-2H3. The zero-order valence-corrected chi connectivity index (χ0v) is 13.4. The fourth-order valence-electron chi connectivity index (χ4n) is 4.02. The van der Waals surface area contributed by atoms with E-state index in [0.29, 0.717) is 12.0 Å². The highest BCUT2D eigenvalue weighted by Gasteiger charge is 2.30. The summed E-state index contributed by atoms with van der Waals surface area (Å²) in [5, 5.41) is 3.41. The van der Waals surface area contributed by atoms with E-state index >= 15 is 0 Å². The average molecular weight is 288 g/mol. The first-order valence-electron chi connectivity index (χ1n) is 8.47. The minimum Gasteiger partial charge on any atom is -0.493 e. The molecule has 0 aliphatic carbocycles. The van der Waals surface area contributed by atoms with Gasteiger partial charge in [0.05, 0.1) is 6.61 Å². The van der Waals surface area contributed by atoms with Crippen molar-refractivity contribution in [2.75, 3.05) is 33.3 Å². The Balaban J connectivity index is 1.92. The van der Waals surface area contributed by atoms with E-state index in [1.54, 1.807) is 0 Å². The average Bonchev–Trinajstić information content (AvgIpc) is 2.87. The van der Waals surface area contributed by atoms with Crippen LogP contribution in [0.2, 0.25) is 0 Å². The predicted octanol–water partition coefficient (Wildman–Crippen LogP) is 3.00. The number of likely N-dealkylation sites (tertiary alicyclic amines) is 1. The van der Waals surface area contributed by atoms with Gasteiger partial charge in [0, 0.05) is 12.5 Å². The molecule has 0 spiro atoms. The molecule has 2 aliphatic heterocycles. The molecule has 0 bridgehead atoms. The molecular formula is C18H28N2O. The van der Waals surface area contributed by atoms with Crippen LogP contribution in [0.3, 0.4) is 0 Å². The lowest BCUT2D eigenvalue weighted by Gasteiger charge is -2.35. The molecular weight excluding hydrogens is 260 g/mol. The van der Waals surface area contributed by atoms with Crippen LogP contribution >= 0.6 is 0 Å². The quantitative estimate of drug-likeness (QED) is 0.922. The maximum atomic E-state index is 5.67. The molecule has 1 aromatic rings. The van der Waals surface area contributed by atoms with Gasteiger partial charge < -0.3 is 10.1 Å². The summed E-state index contributed by atoms with van der Waals surface area (Å²) in [5.41, 5.74) is 2.89. The molecule has 3 nitrogen and oxygen atoms in total. The molecule has 116 valence electrons. The SMILES string of the molecule is CCN1CCCCC(CNC)C1c1ccc2c(c1)CCO2. The van der Waals surface area contributed by atoms with Gasteiger partial charge in [-0.25, -0.2) is 0 Å². The number of hydrogen-bond donors (Lipinski definition) is 1. The van der Waals surface area contributed by atoms with Gasteiger partial charge in [-0.1, -0.05) is 25.5 Å². The van der Waals surface area contributed by atoms with Crippen LogP contribution in [0.4, 0.5) is 0 Å². The van der Waals surface area contributed by atoms with Gasteiger partial charge in [-0.05, 0) is 62.6 Å². The van der Waals surface area contributed by atoms with Crippen molar-refractivity contribution >= 4 is 0 Å². The first-order chi connectivity index (χ1) is 10.3. The first kappa shape index (κ1) is 14.9. The monoisotopic (exact) mass is 288 g/mol. The maximum absolute atomic E-state index is 5.67. The number of rotatable bonds is 4. The second-order valence-electron chi connectivity index (χ2n) is 6.35. The number of nitrogens with one attached hydrogen (secondary N) is 1. The highest BCUT2D eigenvalue weighted by Crippen LogP contribution is 2.37. The van der Waals surface area contributed by atoms with Crippen molar-refractivity contribution in [2.24, 2.45) is 5.92 Å². The van der Waals surface area contributed by atoms with Crippen LogP contribution in [0.15, 0.2) is 18.2 Å². The molecule has 21 heavy (non-hydrogen) atoms. The molecule has 2 heterocycles. The van der Waals surface area contributed by atoms with Crippen LogP contribution in [-0.4, -0.2) is 38.2 Å². The highest BCUT2D eigenvalue weighted by atomic mass is 16.5. The lowest BCUT2D eigenvalue weighted by molar-refractivity contribution is 0.162. The molecule has 1 N–H and O–H groups in total. The summed E-state index contributed by atoms with van der Waals surface area (Å²) >= 11 is 0.